The van der Waals surface area contributed by atoms with Gasteiger partial charge in [0, 0.05) is 37.3 Å². The molecule has 2 aromatic heterocycles. The summed E-state index contributed by atoms with van der Waals surface area (Å²) in [6, 6.07) is 5.73. The number of rotatable bonds is 7. The first-order valence-corrected chi connectivity index (χ1v) is 15.2. The van der Waals surface area contributed by atoms with E-state index in [2.05, 4.69) is 20.5 Å². The van der Waals surface area contributed by atoms with Crippen molar-refractivity contribution in [3.63, 3.8) is 0 Å². The van der Waals surface area contributed by atoms with Gasteiger partial charge in [-0.3, -0.25) is 5.32 Å². The molecule has 1 aliphatic heterocycles. The normalized spacial score (nSPS) is 21.5. The minimum Gasteiger partial charge on any atom is -0.365 e. The van der Waals surface area contributed by atoms with Crippen molar-refractivity contribution in [2.75, 3.05) is 29.0 Å². The zero-order chi connectivity index (χ0) is 30.0. The first-order chi connectivity index (χ1) is 20.7. The van der Waals surface area contributed by atoms with Gasteiger partial charge < -0.3 is 25.8 Å². The van der Waals surface area contributed by atoms with Gasteiger partial charge in [0.05, 0.1) is 17.6 Å². The predicted octanol–water partition coefficient (Wildman–Crippen LogP) is 6.53. The molecule has 3 aliphatic rings. The molecule has 1 aromatic carbocycles. The number of imidazole rings is 1. The van der Waals surface area contributed by atoms with Gasteiger partial charge in [0.15, 0.2) is 17.0 Å². The van der Waals surface area contributed by atoms with E-state index in [-0.39, 0.29) is 48.6 Å². The van der Waals surface area contributed by atoms with E-state index in [0.717, 1.165) is 55.8 Å². The number of fused-ring (bicyclic) bond motifs is 1. The summed E-state index contributed by atoms with van der Waals surface area (Å²) in [4.78, 5) is 32.2. The molecule has 0 bridgehead atoms. The molecule has 11 nitrogen and oxygen atoms in total. The monoisotopic (exact) mass is 673 g/mol. The van der Waals surface area contributed by atoms with Crippen LogP contribution in [-0.4, -0.2) is 61.9 Å². The minimum atomic E-state index is -4.59. The number of para-hydroxylation sites is 1. The number of amides is 1. The lowest BCUT2D eigenvalue weighted by molar-refractivity contribution is -0.137. The number of nitrogens with two attached hydrogens (primary N) is 1. The lowest BCUT2D eigenvalue weighted by Gasteiger charge is -2.31. The van der Waals surface area contributed by atoms with E-state index >= 15 is 0 Å². The number of nitrogens with one attached hydrogen (secondary N) is 3. The van der Waals surface area contributed by atoms with Crippen molar-refractivity contribution >= 4 is 59.5 Å². The summed E-state index contributed by atoms with van der Waals surface area (Å²) in [6.45, 7) is 0.814. The summed E-state index contributed by atoms with van der Waals surface area (Å²) >= 11 is 0. The Morgan fingerprint density at radius 1 is 0.911 bits per heavy atom. The molecule has 0 atom stereocenters. The number of carbonyl (C=O) groups excluding carboxylic acids is 1. The van der Waals surface area contributed by atoms with Crippen LogP contribution in [0.4, 0.5) is 35.4 Å². The molecule has 0 unspecified atom stereocenters. The quantitative estimate of drug-likeness (QED) is 0.221. The highest BCUT2D eigenvalue weighted by Gasteiger charge is 2.34. The van der Waals surface area contributed by atoms with Gasteiger partial charge >= 0.3 is 12.3 Å². The fourth-order valence-corrected chi connectivity index (χ4v) is 6.35. The van der Waals surface area contributed by atoms with Crippen LogP contribution in [-0.2, 0) is 11.0 Å². The molecule has 248 valence electrons. The first kappa shape index (κ1) is 34.8. The molecular formula is C29H40Cl2F3N9O2. The number of hydrogen-bond donors (Lipinski definition) is 4. The van der Waals surface area contributed by atoms with E-state index < -0.39 is 17.8 Å². The maximum absolute atomic E-state index is 13.3. The Labute approximate surface area is 272 Å². The van der Waals surface area contributed by atoms with Crippen molar-refractivity contribution in [3.05, 3.63) is 36.2 Å². The number of hydrogen-bond acceptors (Lipinski definition) is 9. The van der Waals surface area contributed by atoms with Crippen LogP contribution in [0.3, 0.4) is 0 Å². The highest BCUT2D eigenvalue weighted by Crippen LogP contribution is 2.35. The molecule has 3 aromatic rings. The summed E-state index contributed by atoms with van der Waals surface area (Å²) in [7, 11) is 0. The number of piperidine rings is 1. The molecule has 6 rings (SSSR count). The van der Waals surface area contributed by atoms with Gasteiger partial charge in [0.25, 0.3) is 0 Å². The fraction of sp³-hybridized carbons (Fsp3) is 0.586. The molecule has 3 fully saturated rings. The van der Waals surface area contributed by atoms with Crippen LogP contribution in [0.15, 0.2) is 30.6 Å². The third-order valence-corrected chi connectivity index (χ3v) is 8.72. The van der Waals surface area contributed by atoms with E-state index in [1.54, 1.807) is 0 Å². The molecule has 1 amide bonds. The minimum absolute atomic E-state index is 0. The molecule has 2 saturated carbocycles. The standard InChI is InChI=1S/C29H38F3N9O2.2ClH/c30-29(31,32)22-7-3-4-8-23(22)37-28(42)43-40-15-13-20(14-16-40)35-25-24-26(41(17-34-24)21-5-1-2-6-21)39-27(38-25)36-19-11-9-18(33)10-12-19;;/h3-4,7-8,17-21H,1-2,5-6,9-16,33H2,(H,37,42)(H2,35,36,38,39);2*1H/t18-,19-;;. The molecule has 3 heterocycles. The molecule has 0 spiro atoms. The van der Waals surface area contributed by atoms with Crippen molar-refractivity contribution < 1.29 is 22.8 Å². The maximum Gasteiger partial charge on any atom is 0.430 e. The maximum atomic E-state index is 13.3. The second-order valence-corrected chi connectivity index (χ2v) is 11.8. The van der Waals surface area contributed by atoms with Crippen LogP contribution in [0, 0.1) is 0 Å². The Morgan fingerprint density at radius 3 is 2.27 bits per heavy atom. The highest BCUT2D eigenvalue weighted by atomic mass is 35.5. The number of anilines is 3. The van der Waals surface area contributed by atoms with E-state index in [4.69, 9.17) is 25.5 Å². The molecule has 45 heavy (non-hydrogen) atoms. The third kappa shape index (κ3) is 8.40. The number of nitrogens with zero attached hydrogens (tertiary/aromatic N) is 5. The fourth-order valence-electron chi connectivity index (χ4n) is 6.35. The number of benzene rings is 1. The van der Waals surface area contributed by atoms with Crippen LogP contribution in [0.2, 0.25) is 0 Å². The van der Waals surface area contributed by atoms with Crippen LogP contribution in [0.5, 0.6) is 0 Å². The highest BCUT2D eigenvalue weighted by molar-refractivity contribution is 5.86. The van der Waals surface area contributed by atoms with Crippen molar-refractivity contribution in [1.82, 2.24) is 24.6 Å². The molecule has 16 heteroatoms. The molecule has 1 saturated heterocycles. The molecular weight excluding hydrogens is 634 g/mol. The summed E-state index contributed by atoms with van der Waals surface area (Å²) in [5.74, 6) is 1.24. The summed E-state index contributed by atoms with van der Waals surface area (Å²) in [5, 5.41) is 10.8. The summed E-state index contributed by atoms with van der Waals surface area (Å²) in [6.07, 6.45) is 6.07. The van der Waals surface area contributed by atoms with Gasteiger partial charge in [0.1, 0.15) is 0 Å². The average molecular weight is 675 g/mol. The summed E-state index contributed by atoms with van der Waals surface area (Å²) < 4.78 is 42.0. The van der Waals surface area contributed by atoms with Gasteiger partial charge in [-0.1, -0.05) is 25.0 Å². The van der Waals surface area contributed by atoms with Crippen LogP contribution >= 0.6 is 24.8 Å². The van der Waals surface area contributed by atoms with E-state index in [1.165, 1.54) is 36.1 Å². The topological polar surface area (TPSA) is 135 Å². The Morgan fingerprint density at radius 2 is 1.58 bits per heavy atom. The van der Waals surface area contributed by atoms with Gasteiger partial charge in [-0.15, -0.1) is 29.9 Å². The number of aromatic nitrogens is 4. The van der Waals surface area contributed by atoms with Crippen molar-refractivity contribution in [2.45, 2.75) is 94.6 Å². The SMILES string of the molecule is Cl.Cl.N[C@H]1CC[C@H](Nc2nc(NC3CCN(OC(=O)Nc4ccccc4C(F)(F)F)CC3)c3ncn(C4CCCC4)c3n2)CC1. The van der Waals surface area contributed by atoms with Gasteiger partial charge in [0.2, 0.25) is 5.95 Å². The Balaban J connectivity index is 0.00000230. The zero-order valence-corrected chi connectivity index (χ0v) is 26.4. The number of carbonyl (C=O) groups is 1. The van der Waals surface area contributed by atoms with E-state index in [9.17, 15) is 18.0 Å². The number of alkyl halides is 3. The van der Waals surface area contributed by atoms with Crippen molar-refractivity contribution in [1.29, 1.82) is 0 Å². The van der Waals surface area contributed by atoms with Gasteiger partial charge in [-0.25, -0.2) is 9.78 Å². The Kier molecular flexibility index (Phi) is 11.6. The van der Waals surface area contributed by atoms with Gasteiger partial charge in [-0.2, -0.15) is 23.1 Å². The molecule has 2 aliphatic carbocycles. The second-order valence-electron chi connectivity index (χ2n) is 11.8. The third-order valence-electron chi connectivity index (χ3n) is 8.72. The Hall–Kier alpha value is -3.07. The largest absolute Gasteiger partial charge is 0.430 e. The smallest absolute Gasteiger partial charge is 0.365 e. The lowest BCUT2D eigenvalue weighted by atomic mass is 9.92. The van der Waals surface area contributed by atoms with E-state index in [0.29, 0.717) is 43.7 Å². The van der Waals surface area contributed by atoms with E-state index in [1.807, 2.05) is 6.33 Å². The average Bonchev–Trinajstić information content (AvgIpc) is 3.65. The number of halogens is 5. The van der Waals surface area contributed by atoms with Crippen molar-refractivity contribution in [2.24, 2.45) is 5.73 Å². The van der Waals surface area contributed by atoms with Crippen LogP contribution < -0.4 is 21.7 Å². The second kappa shape index (κ2) is 15.0. The molecule has 5 N–H and O–H groups in total. The van der Waals surface area contributed by atoms with Crippen molar-refractivity contribution in [3.8, 4) is 0 Å². The number of hydroxylamine groups is 2. The van der Waals surface area contributed by atoms with Gasteiger partial charge in [-0.05, 0) is 63.5 Å². The zero-order valence-electron chi connectivity index (χ0n) is 24.8. The lowest BCUT2D eigenvalue weighted by Crippen LogP contribution is -2.41. The van der Waals surface area contributed by atoms with Crippen LogP contribution in [0.25, 0.3) is 11.2 Å². The van der Waals surface area contributed by atoms with Crippen LogP contribution in [0.1, 0.15) is 75.8 Å². The summed E-state index contributed by atoms with van der Waals surface area (Å²) in [5.41, 5.74) is 6.37. The first-order valence-electron chi connectivity index (χ1n) is 15.2. The molecule has 0 radical (unpaired) electrons. The Bertz CT molecular complexity index is 1420. The predicted molar refractivity (Wildman–Crippen MR) is 171 cm³/mol.